The fraction of sp³-hybridized carbons (Fsp3) is 0.400. The molecule has 0 bridgehead atoms. The van der Waals surface area contributed by atoms with Crippen molar-refractivity contribution in [2.75, 3.05) is 13.7 Å². The Morgan fingerprint density at radius 2 is 2.11 bits per heavy atom. The second-order valence-corrected chi connectivity index (χ2v) is 5.26. The first-order valence-electron chi connectivity index (χ1n) is 6.11. The molecule has 1 amide bonds. The van der Waals surface area contributed by atoms with Gasteiger partial charge in [0.25, 0.3) is 5.91 Å². The van der Waals surface area contributed by atoms with E-state index >= 15 is 0 Å². The molecule has 0 spiro atoms. The quantitative estimate of drug-likeness (QED) is 0.850. The van der Waals surface area contributed by atoms with Gasteiger partial charge in [-0.25, -0.2) is 0 Å². The molecule has 0 unspecified atom stereocenters. The lowest BCUT2D eigenvalue weighted by molar-refractivity contribution is 0.0613. The van der Waals surface area contributed by atoms with Crippen molar-refractivity contribution in [1.82, 2.24) is 4.90 Å². The first-order valence-corrected chi connectivity index (χ1v) is 6.11. The number of benzene rings is 1. The molecule has 1 rings (SSSR count). The number of amides is 1. The summed E-state index contributed by atoms with van der Waals surface area (Å²) in [7, 11) is 1.52. The Morgan fingerprint density at radius 3 is 2.58 bits per heavy atom. The second-order valence-electron chi connectivity index (χ2n) is 5.26. The van der Waals surface area contributed by atoms with Crippen molar-refractivity contribution < 1.29 is 14.6 Å². The molecule has 1 aromatic carbocycles. The highest BCUT2D eigenvalue weighted by Crippen LogP contribution is 2.26. The summed E-state index contributed by atoms with van der Waals surface area (Å²) >= 11 is 0. The summed E-state index contributed by atoms with van der Waals surface area (Å²) in [5.41, 5.74) is -0.128. The predicted octanol–water partition coefficient (Wildman–Crippen LogP) is 2.83. The van der Waals surface area contributed by atoms with Crippen LogP contribution in [0.4, 0.5) is 0 Å². The van der Waals surface area contributed by atoms with Gasteiger partial charge < -0.3 is 14.7 Å². The Kier molecular flexibility index (Phi) is 4.59. The molecule has 0 fully saturated rings. The Bertz CT molecular complexity index is 475. The molecule has 0 aliphatic rings. The van der Waals surface area contributed by atoms with Crippen LogP contribution in [0.15, 0.2) is 30.9 Å². The molecular weight excluding hydrogens is 242 g/mol. The third-order valence-electron chi connectivity index (χ3n) is 2.80. The van der Waals surface area contributed by atoms with Gasteiger partial charge in [-0.15, -0.1) is 6.58 Å². The van der Waals surface area contributed by atoms with E-state index < -0.39 is 0 Å². The van der Waals surface area contributed by atoms with E-state index in [1.165, 1.54) is 13.2 Å². The van der Waals surface area contributed by atoms with Crippen LogP contribution in [0.25, 0.3) is 0 Å². The third kappa shape index (κ3) is 3.50. The third-order valence-corrected chi connectivity index (χ3v) is 2.80. The summed E-state index contributed by atoms with van der Waals surface area (Å²) in [4.78, 5) is 14.2. The van der Waals surface area contributed by atoms with Gasteiger partial charge in [-0.05, 0) is 39.0 Å². The fourth-order valence-electron chi connectivity index (χ4n) is 1.75. The number of methoxy groups -OCH3 is 1. The van der Waals surface area contributed by atoms with E-state index in [4.69, 9.17) is 4.74 Å². The molecule has 1 aromatic rings. The zero-order chi connectivity index (χ0) is 14.6. The van der Waals surface area contributed by atoms with E-state index in [2.05, 4.69) is 6.58 Å². The molecule has 0 heterocycles. The highest BCUT2D eigenvalue weighted by atomic mass is 16.5. The maximum atomic E-state index is 12.5. The average Bonchev–Trinajstić information content (AvgIpc) is 2.34. The van der Waals surface area contributed by atoms with Gasteiger partial charge in [-0.1, -0.05) is 6.08 Å². The van der Waals surface area contributed by atoms with E-state index in [0.717, 1.165) is 0 Å². The lowest BCUT2D eigenvalue weighted by Gasteiger charge is -2.35. The highest BCUT2D eigenvalue weighted by molar-refractivity contribution is 5.97. The molecule has 0 atom stereocenters. The van der Waals surface area contributed by atoms with Gasteiger partial charge in [-0.2, -0.15) is 0 Å². The molecule has 0 aromatic heterocycles. The standard InChI is InChI=1S/C15H21NO3/c1-6-9-16(15(2,3)4)14(18)12-10-11(19-5)7-8-13(12)17/h6-8,10,17H,1,9H2,2-5H3. The highest BCUT2D eigenvalue weighted by Gasteiger charge is 2.28. The molecule has 1 N–H and O–H groups in total. The monoisotopic (exact) mass is 263 g/mol. The van der Waals surface area contributed by atoms with Crippen molar-refractivity contribution in [3.8, 4) is 11.5 Å². The summed E-state index contributed by atoms with van der Waals surface area (Å²) in [6, 6.07) is 4.61. The van der Waals surface area contributed by atoms with Crippen molar-refractivity contribution in [2.24, 2.45) is 0 Å². The van der Waals surface area contributed by atoms with Crippen LogP contribution in [0.5, 0.6) is 11.5 Å². The zero-order valence-corrected chi connectivity index (χ0v) is 11.9. The minimum absolute atomic E-state index is 0.0517. The molecule has 0 aliphatic heterocycles. The number of carbonyl (C=O) groups is 1. The smallest absolute Gasteiger partial charge is 0.258 e. The van der Waals surface area contributed by atoms with E-state index in [0.29, 0.717) is 12.3 Å². The van der Waals surface area contributed by atoms with Crippen LogP contribution < -0.4 is 4.74 Å². The minimum atomic E-state index is -0.360. The van der Waals surface area contributed by atoms with Crippen molar-refractivity contribution in [2.45, 2.75) is 26.3 Å². The summed E-state index contributed by atoms with van der Waals surface area (Å²) < 4.78 is 5.08. The molecule has 0 saturated carbocycles. The molecule has 4 heteroatoms. The van der Waals surface area contributed by atoms with E-state index in [1.54, 1.807) is 23.1 Å². The number of phenolic OH excluding ortho intramolecular Hbond substituents is 1. The Morgan fingerprint density at radius 1 is 1.47 bits per heavy atom. The van der Waals surface area contributed by atoms with E-state index in [-0.39, 0.29) is 22.8 Å². The van der Waals surface area contributed by atoms with Crippen molar-refractivity contribution >= 4 is 5.91 Å². The first kappa shape index (κ1) is 15.1. The maximum Gasteiger partial charge on any atom is 0.258 e. The van der Waals surface area contributed by atoms with Gasteiger partial charge in [0.1, 0.15) is 11.5 Å². The topological polar surface area (TPSA) is 49.8 Å². The lowest BCUT2D eigenvalue weighted by atomic mass is 10.0. The molecule has 104 valence electrons. The van der Waals surface area contributed by atoms with Crippen LogP contribution in [0, 0.1) is 0 Å². The number of aromatic hydroxyl groups is 1. The summed E-state index contributed by atoms with van der Waals surface area (Å²) in [5.74, 6) is 0.238. The molecule has 0 aliphatic carbocycles. The largest absolute Gasteiger partial charge is 0.507 e. The maximum absolute atomic E-state index is 12.5. The van der Waals surface area contributed by atoms with Crippen molar-refractivity contribution in [3.63, 3.8) is 0 Å². The van der Waals surface area contributed by atoms with Gasteiger partial charge >= 0.3 is 0 Å². The fourth-order valence-corrected chi connectivity index (χ4v) is 1.75. The number of carbonyl (C=O) groups excluding carboxylic acids is 1. The van der Waals surface area contributed by atoms with Crippen LogP contribution >= 0.6 is 0 Å². The average molecular weight is 263 g/mol. The van der Waals surface area contributed by atoms with Crippen LogP contribution in [0.2, 0.25) is 0 Å². The number of hydrogen-bond donors (Lipinski definition) is 1. The molecule has 4 nitrogen and oxygen atoms in total. The first-order chi connectivity index (χ1) is 8.81. The van der Waals surface area contributed by atoms with Gasteiger partial charge in [0, 0.05) is 12.1 Å². The minimum Gasteiger partial charge on any atom is -0.507 e. The normalized spacial score (nSPS) is 10.9. The lowest BCUT2D eigenvalue weighted by Crippen LogP contribution is -2.45. The van der Waals surface area contributed by atoms with E-state index in [1.807, 2.05) is 20.8 Å². The van der Waals surface area contributed by atoms with Crippen LogP contribution in [-0.2, 0) is 0 Å². The number of rotatable bonds is 4. The number of ether oxygens (including phenoxy) is 1. The Labute approximate surface area is 114 Å². The molecule has 19 heavy (non-hydrogen) atoms. The van der Waals surface area contributed by atoms with Crippen LogP contribution in [0.3, 0.4) is 0 Å². The summed E-state index contributed by atoms with van der Waals surface area (Å²) in [5, 5.41) is 9.85. The Hall–Kier alpha value is -1.97. The number of nitrogens with zero attached hydrogens (tertiary/aromatic N) is 1. The Balaban J connectivity index is 3.19. The van der Waals surface area contributed by atoms with Gasteiger partial charge in [-0.3, -0.25) is 4.79 Å². The predicted molar refractivity (Wildman–Crippen MR) is 75.6 cm³/mol. The molecule has 0 radical (unpaired) electrons. The van der Waals surface area contributed by atoms with Gasteiger partial charge in [0.2, 0.25) is 0 Å². The van der Waals surface area contributed by atoms with Gasteiger partial charge in [0.05, 0.1) is 12.7 Å². The molecule has 0 saturated heterocycles. The van der Waals surface area contributed by atoms with Crippen molar-refractivity contribution in [3.05, 3.63) is 36.4 Å². The zero-order valence-electron chi connectivity index (χ0n) is 11.9. The second kappa shape index (κ2) is 5.78. The SMILES string of the molecule is C=CCN(C(=O)c1cc(OC)ccc1O)C(C)(C)C. The summed E-state index contributed by atoms with van der Waals surface area (Å²) in [6.45, 7) is 9.89. The van der Waals surface area contributed by atoms with Gasteiger partial charge in [0.15, 0.2) is 0 Å². The van der Waals surface area contributed by atoms with E-state index in [9.17, 15) is 9.90 Å². The van der Waals surface area contributed by atoms with Crippen LogP contribution in [0.1, 0.15) is 31.1 Å². The molecular formula is C15H21NO3. The number of hydrogen-bond acceptors (Lipinski definition) is 3. The number of phenols is 1. The van der Waals surface area contributed by atoms with Crippen molar-refractivity contribution in [1.29, 1.82) is 0 Å². The summed E-state index contributed by atoms with van der Waals surface area (Å²) in [6.07, 6.45) is 1.67. The van der Waals surface area contributed by atoms with Crippen LogP contribution in [-0.4, -0.2) is 35.1 Å².